The van der Waals surface area contributed by atoms with Gasteiger partial charge in [-0.3, -0.25) is 9.69 Å². The SMILES string of the molecule is Cc1noc(C)c1CCC(=O)NC[C@H]1[C@@H]2CNC[C@@H](C2)[C@@H]2CCCCN21. The van der Waals surface area contributed by atoms with Gasteiger partial charge >= 0.3 is 0 Å². The molecule has 2 bridgehead atoms. The van der Waals surface area contributed by atoms with Gasteiger partial charge in [0.25, 0.3) is 0 Å². The Morgan fingerprint density at radius 2 is 2.15 bits per heavy atom. The molecule has 0 aliphatic carbocycles. The normalized spacial score (nSPS) is 31.5. The lowest BCUT2D eigenvalue weighted by molar-refractivity contribution is -0.122. The smallest absolute Gasteiger partial charge is 0.220 e. The summed E-state index contributed by atoms with van der Waals surface area (Å²) < 4.78 is 5.19. The summed E-state index contributed by atoms with van der Waals surface area (Å²) in [5, 5.41) is 10.8. The lowest BCUT2D eigenvalue weighted by Crippen LogP contribution is -2.65. The van der Waals surface area contributed by atoms with Crippen molar-refractivity contribution in [2.75, 3.05) is 26.2 Å². The number of carbonyl (C=O) groups is 1. The maximum absolute atomic E-state index is 12.4. The Balaban J connectivity index is 1.33. The first-order chi connectivity index (χ1) is 12.6. The number of nitrogens with one attached hydrogen (secondary N) is 2. The van der Waals surface area contributed by atoms with Crippen molar-refractivity contribution in [3.05, 3.63) is 17.0 Å². The molecule has 0 radical (unpaired) electrons. The van der Waals surface area contributed by atoms with Crippen LogP contribution in [0.25, 0.3) is 0 Å². The Labute approximate surface area is 156 Å². The third kappa shape index (κ3) is 3.54. The second-order valence-corrected chi connectivity index (χ2v) is 8.39. The summed E-state index contributed by atoms with van der Waals surface area (Å²) in [4.78, 5) is 15.2. The maximum atomic E-state index is 12.4. The highest BCUT2D eigenvalue weighted by molar-refractivity contribution is 5.76. The average molecular weight is 361 g/mol. The van der Waals surface area contributed by atoms with Crippen molar-refractivity contribution < 1.29 is 9.32 Å². The highest BCUT2D eigenvalue weighted by Crippen LogP contribution is 2.38. The Bertz CT molecular complexity index is 624. The van der Waals surface area contributed by atoms with E-state index in [1.54, 1.807) is 0 Å². The maximum Gasteiger partial charge on any atom is 0.220 e. The Hall–Kier alpha value is -1.40. The van der Waals surface area contributed by atoms with E-state index in [-0.39, 0.29) is 5.91 Å². The van der Waals surface area contributed by atoms with Crippen molar-refractivity contribution in [1.82, 2.24) is 20.7 Å². The molecule has 2 N–H and O–H groups in total. The molecule has 144 valence electrons. The zero-order chi connectivity index (χ0) is 18.1. The highest BCUT2D eigenvalue weighted by Gasteiger charge is 2.45. The molecule has 4 heterocycles. The Morgan fingerprint density at radius 3 is 2.96 bits per heavy atom. The fraction of sp³-hybridized carbons (Fsp3) is 0.800. The van der Waals surface area contributed by atoms with Crippen LogP contribution >= 0.6 is 0 Å². The van der Waals surface area contributed by atoms with Crippen LogP contribution in [0, 0.1) is 25.7 Å². The van der Waals surface area contributed by atoms with Crippen molar-refractivity contribution in [2.45, 2.75) is 64.5 Å². The predicted octanol–water partition coefficient (Wildman–Crippen LogP) is 1.80. The molecule has 0 saturated carbocycles. The first-order valence-electron chi connectivity index (χ1n) is 10.3. The van der Waals surface area contributed by atoms with E-state index in [0.717, 1.165) is 42.1 Å². The van der Waals surface area contributed by atoms with E-state index in [0.29, 0.717) is 24.8 Å². The number of aryl methyl sites for hydroxylation is 2. The summed E-state index contributed by atoms with van der Waals surface area (Å²) in [5.41, 5.74) is 1.98. The predicted molar refractivity (Wildman–Crippen MR) is 99.9 cm³/mol. The molecule has 3 fully saturated rings. The molecule has 0 unspecified atom stereocenters. The monoisotopic (exact) mass is 360 g/mol. The van der Waals surface area contributed by atoms with Crippen LogP contribution in [0.5, 0.6) is 0 Å². The zero-order valence-electron chi connectivity index (χ0n) is 16.1. The van der Waals surface area contributed by atoms with Crippen molar-refractivity contribution in [2.24, 2.45) is 11.8 Å². The quantitative estimate of drug-likeness (QED) is 0.838. The molecular formula is C20H32N4O2. The van der Waals surface area contributed by atoms with E-state index < -0.39 is 0 Å². The molecule has 1 aromatic heterocycles. The van der Waals surface area contributed by atoms with Gasteiger partial charge in [0.1, 0.15) is 5.76 Å². The molecule has 1 aromatic rings. The summed E-state index contributed by atoms with van der Waals surface area (Å²) in [6.07, 6.45) is 6.53. The molecule has 4 atom stereocenters. The molecule has 3 saturated heterocycles. The van der Waals surface area contributed by atoms with Crippen molar-refractivity contribution in [3.63, 3.8) is 0 Å². The molecule has 0 spiro atoms. The molecule has 6 nitrogen and oxygen atoms in total. The van der Waals surface area contributed by atoms with Crippen LogP contribution in [0.1, 0.15) is 49.1 Å². The van der Waals surface area contributed by atoms with Gasteiger partial charge in [-0.25, -0.2) is 0 Å². The van der Waals surface area contributed by atoms with Crippen molar-refractivity contribution >= 4 is 5.91 Å². The van der Waals surface area contributed by atoms with Gasteiger partial charge < -0.3 is 15.2 Å². The van der Waals surface area contributed by atoms with Gasteiger partial charge in [0.05, 0.1) is 5.69 Å². The number of carbonyl (C=O) groups excluding carboxylic acids is 1. The van der Waals surface area contributed by atoms with E-state index in [1.807, 2.05) is 13.8 Å². The number of hydrogen-bond donors (Lipinski definition) is 2. The highest BCUT2D eigenvalue weighted by atomic mass is 16.5. The molecular weight excluding hydrogens is 328 g/mol. The fourth-order valence-corrected chi connectivity index (χ4v) is 5.45. The number of amides is 1. The van der Waals surface area contributed by atoms with Crippen molar-refractivity contribution in [1.29, 1.82) is 0 Å². The first kappa shape index (κ1) is 18.0. The molecule has 6 heteroatoms. The topological polar surface area (TPSA) is 70.4 Å². The minimum atomic E-state index is 0.143. The third-order valence-corrected chi connectivity index (χ3v) is 6.82. The van der Waals surface area contributed by atoms with Gasteiger partial charge in [-0.05, 0) is 71.0 Å². The van der Waals surface area contributed by atoms with Gasteiger partial charge in [0.15, 0.2) is 0 Å². The van der Waals surface area contributed by atoms with E-state index in [1.165, 1.54) is 38.8 Å². The van der Waals surface area contributed by atoms with Crippen LogP contribution in [0.4, 0.5) is 0 Å². The summed E-state index contributed by atoms with van der Waals surface area (Å²) >= 11 is 0. The largest absolute Gasteiger partial charge is 0.361 e. The Kier molecular flexibility index (Phi) is 5.32. The van der Waals surface area contributed by atoms with Gasteiger partial charge in [0, 0.05) is 30.6 Å². The van der Waals surface area contributed by atoms with Crippen LogP contribution in [0.15, 0.2) is 4.52 Å². The molecule has 1 amide bonds. The van der Waals surface area contributed by atoms with E-state index in [9.17, 15) is 4.79 Å². The second-order valence-electron chi connectivity index (χ2n) is 8.39. The number of hydrogen-bond acceptors (Lipinski definition) is 5. The molecule has 3 aliphatic rings. The summed E-state index contributed by atoms with van der Waals surface area (Å²) in [6, 6.07) is 1.21. The minimum Gasteiger partial charge on any atom is -0.361 e. The number of piperidine rings is 3. The van der Waals surface area contributed by atoms with E-state index >= 15 is 0 Å². The van der Waals surface area contributed by atoms with E-state index in [2.05, 4.69) is 20.7 Å². The molecule has 3 aliphatic heterocycles. The summed E-state index contributed by atoms with van der Waals surface area (Å²) in [5.74, 6) is 2.45. The number of rotatable bonds is 5. The lowest BCUT2D eigenvalue weighted by Gasteiger charge is -2.55. The zero-order valence-corrected chi connectivity index (χ0v) is 16.1. The van der Waals surface area contributed by atoms with Crippen molar-refractivity contribution in [3.8, 4) is 0 Å². The van der Waals surface area contributed by atoms with Crippen LogP contribution in [0.3, 0.4) is 0 Å². The van der Waals surface area contributed by atoms with Crippen LogP contribution in [-0.2, 0) is 11.2 Å². The van der Waals surface area contributed by atoms with Gasteiger partial charge in [-0.2, -0.15) is 0 Å². The van der Waals surface area contributed by atoms with Crippen LogP contribution in [-0.4, -0.2) is 54.2 Å². The molecule has 0 aromatic carbocycles. The summed E-state index contributed by atoms with van der Waals surface area (Å²) in [7, 11) is 0. The summed E-state index contributed by atoms with van der Waals surface area (Å²) in [6.45, 7) is 8.12. The minimum absolute atomic E-state index is 0.143. The Morgan fingerprint density at radius 1 is 1.31 bits per heavy atom. The first-order valence-corrected chi connectivity index (χ1v) is 10.3. The lowest BCUT2D eigenvalue weighted by atomic mass is 9.73. The standard InChI is InChI=1S/C20H32N4O2/c1-13-17(14(2)26-23-13)6-7-20(25)22-12-19-16-9-15(10-21-11-16)18-5-3-4-8-24(18)19/h15-16,18-19,21H,3-12H2,1-2H3,(H,22,25)/t15-,16+,18+,19+/m1/s1. The van der Waals surface area contributed by atoms with Crippen LogP contribution < -0.4 is 10.6 Å². The molecule has 26 heavy (non-hydrogen) atoms. The molecule has 4 rings (SSSR count). The van der Waals surface area contributed by atoms with Gasteiger partial charge in [-0.1, -0.05) is 11.6 Å². The third-order valence-electron chi connectivity index (χ3n) is 6.82. The van der Waals surface area contributed by atoms with E-state index in [4.69, 9.17) is 4.52 Å². The van der Waals surface area contributed by atoms with Gasteiger partial charge in [0.2, 0.25) is 5.91 Å². The van der Waals surface area contributed by atoms with Crippen LogP contribution in [0.2, 0.25) is 0 Å². The fourth-order valence-electron chi connectivity index (χ4n) is 5.45. The number of aromatic nitrogens is 1. The average Bonchev–Trinajstić information content (AvgIpc) is 2.98. The number of fused-ring (bicyclic) bond motifs is 4. The van der Waals surface area contributed by atoms with Gasteiger partial charge in [-0.15, -0.1) is 0 Å². The second kappa shape index (κ2) is 7.69. The number of nitrogens with zero attached hydrogens (tertiary/aromatic N) is 2.